The van der Waals surface area contributed by atoms with Crippen molar-refractivity contribution in [3.8, 4) is 22.6 Å². The third kappa shape index (κ3) is 8.48. The molecule has 0 saturated carbocycles. The molecule has 4 aliphatic heterocycles. The SMILES string of the molecule is Cc1cc(-c2cc3c(c(OCC4CCOCC4)c2)NC(=O)CC3)cn(C)c1=O.O=C1CCc2cc(Br)cc(OCC3CCOCC3)c2N1. The number of benzene rings is 2. The van der Waals surface area contributed by atoms with Crippen molar-refractivity contribution < 1.29 is 28.5 Å². The molecular formula is C37H44BrN3O7. The van der Waals surface area contributed by atoms with Crippen LogP contribution in [0, 0.1) is 18.8 Å². The van der Waals surface area contributed by atoms with Crippen molar-refractivity contribution in [3.05, 3.63) is 68.0 Å². The number of halogens is 1. The highest BCUT2D eigenvalue weighted by Crippen LogP contribution is 2.39. The number of anilines is 2. The Labute approximate surface area is 289 Å². The summed E-state index contributed by atoms with van der Waals surface area (Å²) >= 11 is 3.51. The van der Waals surface area contributed by atoms with Crippen LogP contribution in [-0.4, -0.2) is 56.0 Å². The van der Waals surface area contributed by atoms with E-state index in [1.54, 1.807) is 11.6 Å². The number of carbonyl (C=O) groups is 2. The van der Waals surface area contributed by atoms with Crippen LogP contribution in [0.2, 0.25) is 0 Å². The van der Waals surface area contributed by atoms with Crippen LogP contribution in [0.25, 0.3) is 11.1 Å². The lowest BCUT2D eigenvalue weighted by Gasteiger charge is -2.25. The van der Waals surface area contributed by atoms with E-state index in [9.17, 15) is 14.4 Å². The van der Waals surface area contributed by atoms with Crippen LogP contribution < -0.4 is 25.7 Å². The first-order valence-electron chi connectivity index (χ1n) is 16.9. The summed E-state index contributed by atoms with van der Waals surface area (Å²) in [5, 5.41) is 5.92. The molecule has 7 rings (SSSR count). The van der Waals surface area contributed by atoms with Crippen LogP contribution in [0.15, 0.2) is 45.8 Å². The maximum atomic E-state index is 12.0. The van der Waals surface area contributed by atoms with E-state index in [2.05, 4.69) is 38.7 Å². The van der Waals surface area contributed by atoms with Gasteiger partial charge in [-0.25, -0.2) is 0 Å². The van der Waals surface area contributed by atoms with Crippen LogP contribution >= 0.6 is 15.9 Å². The minimum atomic E-state index is 0.00460. The molecule has 0 unspecified atom stereocenters. The molecule has 2 saturated heterocycles. The monoisotopic (exact) mass is 721 g/mol. The van der Waals surface area contributed by atoms with Gasteiger partial charge in [0.15, 0.2) is 0 Å². The normalized spacial score (nSPS) is 18.1. The first-order valence-corrected chi connectivity index (χ1v) is 17.7. The summed E-state index contributed by atoms with van der Waals surface area (Å²) in [4.78, 5) is 35.6. The van der Waals surface area contributed by atoms with E-state index in [4.69, 9.17) is 18.9 Å². The van der Waals surface area contributed by atoms with Gasteiger partial charge in [-0.3, -0.25) is 14.4 Å². The van der Waals surface area contributed by atoms with Crippen LogP contribution in [0.5, 0.6) is 11.5 Å². The van der Waals surface area contributed by atoms with Crippen molar-refractivity contribution in [2.24, 2.45) is 18.9 Å². The number of amides is 2. The molecule has 0 atom stereocenters. The van der Waals surface area contributed by atoms with E-state index in [-0.39, 0.29) is 17.4 Å². The molecule has 2 aromatic carbocycles. The first kappa shape index (κ1) is 34.2. The van der Waals surface area contributed by atoms with Gasteiger partial charge in [-0.05, 0) is 110 Å². The van der Waals surface area contributed by atoms with Crippen molar-refractivity contribution in [2.45, 2.75) is 58.3 Å². The second kappa shape index (κ2) is 15.7. The molecule has 0 aliphatic carbocycles. The maximum absolute atomic E-state index is 12.0. The highest BCUT2D eigenvalue weighted by Gasteiger charge is 2.24. The molecule has 256 valence electrons. The van der Waals surface area contributed by atoms with Gasteiger partial charge in [-0.1, -0.05) is 15.9 Å². The van der Waals surface area contributed by atoms with Crippen LogP contribution in [0.4, 0.5) is 11.4 Å². The van der Waals surface area contributed by atoms with Gasteiger partial charge in [0.25, 0.3) is 5.56 Å². The molecule has 5 heterocycles. The Morgan fingerprint density at radius 1 is 0.729 bits per heavy atom. The standard InChI is InChI=1S/C22H26N2O4.C15H18BrNO3/c1-14-9-18(12-24(2)22(14)26)17-10-16-3-4-20(25)23-21(16)19(11-17)28-13-15-5-7-27-8-6-15;16-12-7-11-1-2-14(18)17-15(11)13(8-12)20-9-10-3-5-19-6-4-10/h9-12,15H,3-8,13H2,1-2H3,(H,23,25);7-8,10H,1-6,9H2,(H,17,18). The highest BCUT2D eigenvalue weighted by atomic mass is 79.9. The molecule has 0 spiro atoms. The van der Waals surface area contributed by atoms with E-state index in [0.717, 1.165) is 102 Å². The van der Waals surface area contributed by atoms with Crippen LogP contribution in [0.3, 0.4) is 0 Å². The molecule has 48 heavy (non-hydrogen) atoms. The van der Waals surface area contributed by atoms with Crippen LogP contribution in [0.1, 0.15) is 55.2 Å². The van der Waals surface area contributed by atoms with Crippen molar-refractivity contribution in [1.82, 2.24) is 4.57 Å². The zero-order valence-electron chi connectivity index (χ0n) is 27.7. The molecule has 1 aromatic heterocycles. The number of ether oxygens (including phenoxy) is 4. The average molecular weight is 723 g/mol. The van der Waals surface area contributed by atoms with E-state index in [0.29, 0.717) is 55.6 Å². The number of aromatic nitrogens is 1. The highest BCUT2D eigenvalue weighted by molar-refractivity contribution is 9.10. The quantitative estimate of drug-likeness (QED) is 0.299. The number of aryl methyl sites for hydroxylation is 4. The van der Waals surface area contributed by atoms with Gasteiger partial charge in [-0.15, -0.1) is 0 Å². The Bertz CT molecular complexity index is 1680. The van der Waals surface area contributed by atoms with Gasteiger partial charge in [0.05, 0.1) is 24.6 Å². The fourth-order valence-corrected chi connectivity index (χ4v) is 7.04. The number of fused-ring (bicyclic) bond motifs is 2. The number of pyridine rings is 1. The van der Waals surface area contributed by atoms with E-state index < -0.39 is 0 Å². The number of carbonyl (C=O) groups excluding carboxylic acids is 2. The molecule has 2 N–H and O–H groups in total. The largest absolute Gasteiger partial charge is 0.491 e. The lowest BCUT2D eigenvalue weighted by atomic mass is 9.96. The van der Waals surface area contributed by atoms with Crippen molar-refractivity contribution in [1.29, 1.82) is 0 Å². The molecule has 10 nitrogen and oxygen atoms in total. The molecule has 4 aliphatic rings. The first-order chi connectivity index (χ1) is 23.2. The van der Waals surface area contributed by atoms with E-state index in [1.807, 2.05) is 31.3 Å². The fraction of sp³-hybridized carbons (Fsp3) is 0.486. The van der Waals surface area contributed by atoms with E-state index in [1.165, 1.54) is 0 Å². The van der Waals surface area contributed by atoms with Crippen molar-refractivity contribution in [3.63, 3.8) is 0 Å². The summed E-state index contributed by atoms with van der Waals surface area (Å²) in [6, 6.07) is 9.96. The van der Waals surface area contributed by atoms with Gasteiger partial charge in [0, 0.05) is 62.5 Å². The summed E-state index contributed by atoms with van der Waals surface area (Å²) in [6.07, 6.45) is 8.40. The van der Waals surface area contributed by atoms with Crippen molar-refractivity contribution >= 4 is 39.1 Å². The summed E-state index contributed by atoms with van der Waals surface area (Å²) in [5.41, 5.74) is 6.52. The molecule has 0 radical (unpaired) electrons. The zero-order chi connectivity index (χ0) is 33.6. The number of hydrogen-bond donors (Lipinski definition) is 2. The number of nitrogens with one attached hydrogen (secondary N) is 2. The summed E-state index contributed by atoms with van der Waals surface area (Å²) < 4.78 is 25.6. The van der Waals surface area contributed by atoms with Gasteiger partial charge in [0.1, 0.15) is 11.5 Å². The molecule has 11 heteroatoms. The summed E-state index contributed by atoms with van der Waals surface area (Å²) in [5.74, 6) is 2.57. The third-order valence-electron chi connectivity index (χ3n) is 9.43. The predicted octanol–water partition coefficient (Wildman–Crippen LogP) is 6.19. The Morgan fingerprint density at radius 3 is 1.79 bits per heavy atom. The second-order valence-electron chi connectivity index (χ2n) is 13.1. The third-order valence-corrected chi connectivity index (χ3v) is 9.89. The second-order valence-corrected chi connectivity index (χ2v) is 14.0. The minimum absolute atomic E-state index is 0.00460. The Balaban J connectivity index is 0.000000177. The zero-order valence-corrected chi connectivity index (χ0v) is 29.3. The van der Waals surface area contributed by atoms with Gasteiger partial charge >= 0.3 is 0 Å². The Hall–Kier alpha value is -3.67. The Morgan fingerprint density at radius 2 is 1.25 bits per heavy atom. The topological polar surface area (TPSA) is 117 Å². The summed E-state index contributed by atoms with van der Waals surface area (Å²) in [6.45, 7) is 6.32. The van der Waals surface area contributed by atoms with E-state index >= 15 is 0 Å². The lowest BCUT2D eigenvalue weighted by Crippen LogP contribution is -2.23. The number of rotatable bonds is 7. The molecular weight excluding hydrogens is 678 g/mol. The number of nitrogens with zero attached hydrogens (tertiary/aromatic N) is 1. The van der Waals surface area contributed by atoms with Crippen molar-refractivity contribution in [2.75, 3.05) is 50.3 Å². The van der Waals surface area contributed by atoms with Gasteiger partial charge in [-0.2, -0.15) is 0 Å². The maximum Gasteiger partial charge on any atom is 0.253 e. The molecule has 0 bridgehead atoms. The number of hydrogen-bond acceptors (Lipinski definition) is 7. The van der Waals surface area contributed by atoms with Gasteiger partial charge in [0.2, 0.25) is 11.8 Å². The predicted molar refractivity (Wildman–Crippen MR) is 188 cm³/mol. The fourth-order valence-electron chi connectivity index (χ4n) is 6.56. The van der Waals surface area contributed by atoms with Crippen LogP contribution in [-0.2, 0) is 39.0 Å². The molecule has 2 amide bonds. The molecule has 2 fully saturated rings. The lowest BCUT2D eigenvalue weighted by molar-refractivity contribution is -0.117. The van der Waals surface area contributed by atoms with Gasteiger partial charge < -0.3 is 34.1 Å². The molecule has 3 aromatic rings. The Kier molecular flexibility index (Phi) is 11.2. The minimum Gasteiger partial charge on any atom is -0.491 e. The smallest absolute Gasteiger partial charge is 0.253 e. The summed E-state index contributed by atoms with van der Waals surface area (Å²) in [7, 11) is 1.76. The average Bonchev–Trinajstić information content (AvgIpc) is 3.09.